The Morgan fingerprint density at radius 3 is 2.69 bits per heavy atom. The fraction of sp³-hybridized carbons (Fsp3) is 0.300. The highest BCUT2D eigenvalue weighted by molar-refractivity contribution is 9.10. The smallest absolute Gasteiger partial charge is 0.139 e. The molecule has 0 radical (unpaired) electrons. The summed E-state index contributed by atoms with van der Waals surface area (Å²) in [4.78, 5) is 0. The van der Waals surface area contributed by atoms with E-state index >= 15 is 0 Å². The van der Waals surface area contributed by atoms with E-state index in [0.717, 1.165) is 4.47 Å². The number of nitrogens with one attached hydrogen (secondary N) is 1. The molecule has 0 fully saturated rings. The van der Waals surface area contributed by atoms with E-state index < -0.39 is 0 Å². The Balaban J connectivity index is 2.54. The van der Waals surface area contributed by atoms with Gasteiger partial charge in [0.1, 0.15) is 5.75 Å². The van der Waals surface area contributed by atoms with Crippen LogP contribution in [0.1, 0.15) is 12.8 Å². The molecule has 0 aliphatic rings. The van der Waals surface area contributed by atoms with E-state index in [1.54, 1.807) is 12.1 Å². The maximum Gasteiger partial charge on any atom is 0.139 e. The Kier molecular flexibility index (Phi) is 5.38. The third-order valence-corrected chi connectivity index (χ3v) is 3.32. The molecule has 3 nitrogen and oxygen atoms in total. The lowest BCUT2D eigenvalue weighted by Gasteiger charge is -2.09. The third-order valence-electron chi connectivity index (χ3n) is 1.82. The first kappa shape index (κ1) is 13.6. The lowest BCUT2D eigenvalue weighted by molar-refractivity contribution is 0.313. The molecule has 88 valence electrons. The standard InChI is InChI=1S/C10H11BrCl2N2O/c11-6-4-8(13)9(5-7(6)12)16-3-1-2-10(14)15/h4-5H,1-3H2,(H3,14,15). The van der Waals surface area contributed by atoms with Crippen LogP contribution < -0.4 is 10.5 Å². The maximum atomic E-state index is 7.05. The zero-order valence-corrected chi connectivity index (χ0v) is 11.5. The van der Waals surface area contributed by atoms with Crippen LogP contribution in [0.4, 0.5) is 0 Å². The molecule has 0 atom stereocenters. The van der Waals surface area contributed by atoms with Crippen LogP contribution in [0.5, 0.6) is 5.75 Å². The number of hydrogen-bond donors (Lipinski definition) is 2. The summed E-state index contributed by atoms with van der Waals surface area (Å²) in [6.07, 6.45) is 1.20. The predicted molar refractivity (Wildman–Crippen MR) is 70.8 cm³/mol. The van der Waals surface area contributed by atoms with Crippen molar-refractivity contribution in [2.45, 2.75) is 12.8 Å². The Bertz CT molecular complexity index is 399. The summed E-state index contributed by atoms with van der Waals surface area (Å²) in [6, 6.07) is 3.34. The number of hydrogen-bond acceptors (Lipinski definition) is 2. The van der Waals surface area contributed by atoms with Crippen molar-refractivity contribution in [3.8, 4) is 5.75 Å². The van der Waals surface area contributed by atoms with Crippen LogP contribution in [0.2, 0.25) is 10.0 Å². The van der Waals surface area contributed by atoms with Gasteiger partial charge in [-0.3, -0.25) is 5.41 Å². The number of benzene rings is 1. The topological polar surface area (TPSA) is 59.1 Å². The minimum absolute atomic E-state index is 0.156. The van der Waals surface area contributed by atoms with E-state index in [9.17, 15) is 0 Å². The molecule has 0 saturated heterocycles. The molecule has 0 aliphatic carbocycles. The molecular weight excluding hydrogens is 315 g/mol. The van der Waals surface area contributed by atoms with E-state index in [4.69, 9.17) is 39.1 Å². The molecule has 0 bridgehead atoms. The Morgan fingerprint density at radius 1 is 1.38 bits per heavy atom. The quantitative estimate of drug-likeness (QED) is 0.374. The first-order valence-electron chi connectivity index (χ1n) is 4.61. The highest BCUT2D eigenvalue weighted by Gasteiger charge is 2.06. The Hall–Kier alpha value is -0.450. The van der Waals surface area contributed by atoms with Gasteiger partial charge in [-0.2, -0.15) is 0 Å². The zero-order chi connectivity index (χ0) is 12.1. The van der Waals surface area contributed by atoms with Crippen LogP contribution in [-0.4, -0.2) is 12.4 Å². The van der Waals surface area contributed by atoms with Crippen molar-refractivity contribution in [2.75, 3.05) is 6.61 Å². The van der Waals surface area contributed by atoms with Crippen LogP contribution in [0.15, 0.2) is 16.6 Å². The van der Waals surface area contributed by atoms with Crippen molar-refractivity contribution in [3.05, 3.63) is 26.7 Å². The second-order valence-corrected chi connectivity index (χ2v) is 4.84. The molecule has 0 amide bonds. The lowest BCUT2D eigenvalue weighted by atomic mass is 10.3. The third kappa shape index (κ3) is 4.20. The molecule has 0 unspecified atom stereocenters. The van der Waals surface area contributed by atoms with E-state index in [1.807, 2.05) is 0 Å². The van der Waals surface area contributed by atoms with Gasteiger partial charge in [0.05, 0.1) is 22.5 Å². The van der Waals surface area contributed by atoms with Crippen molar-refractivity contribution in [1.29, 1.82) is 5.41 Å². The average Bonchev–Trinajstić information content (AvgIpc) is 2.19. The van der Waals surface area contributed by atoms with Crippen LogP contribution in [0.25, 0.3) is 0 Å². The molecule has 0 aliphatic heterocycles. The summed E-state index contributed by atoms with van der Waals surface area (Å²) in [7, 11) is 0. The normalized spacial score (nSPS) is 10.2. The van der Waals surface area contributed by atoms with Crippen molar-refractivity contribution in [2.24, 2.45) is 5.73 Å². The summed E-state index contributed by atoms with van der Waals surface area (Å²) in [6.45, 7) is 0.456. The number of halogens is 3. The van der Waals surface area contributed by atoms with Crippen molar-refractivity contribution < 1.29 is 4.74 Å². The number of rotatable bonds is 5. The SMILES string of the molecule is N=C(N)CCCOc1cc(Cl)c(Br)cc1Cl. The lowest BCUT2D eigenvalue weighted by Crippen LogP contribution is -2.11. The molecule has 1 aromatic carbocycles. The first-order chi connectivity index (χ1) is 7.50. The van der Waals surface area contributed by atoms with Crippen molar-refractivity contribution >= 4 is 45.0 Å². The molecule has 3 N–H and O–H groups in total. The van der Waals surface area contributed by atoms with Crippen molar-refractivity contribution in [3.63, 3.8) is 0 Å². The number of amidine groups is 1. The summed E-state index contributed by atoms with van der Waals surface area (Å²) in [5.41, 5.74) is 5.22. The minimum atomic E-state index is 0.156. The van der Waals surface area contributed by atoms with Gasteiger partial charge in [-0.25, -0.2) is 0 Å². The summed E-state index contributed by atoms with van der Waals surface area (Å²) in [5.74, 6) is 0.696. The van der Waals surface area contributed by atoms with Gasteiger partial charge in [-0.05, 0) is 28.4 Å². The fourth-order valence-electron chi connectivity index (χ4n) is 1.06. The number of nitrogens with two attached hydrogens (primary N) is 1. The summed E-state index contributed by atoms with van der Waals surface area (Å²) < 4.78 is 6.17. The molecule has 0 saturated carbocycles. The van der Waals surface area contributed by atoms with E-state index in [0.29, 0.717) is 35.2 Å². The highest BCUT2D eigenvalue weighted by atomic mass is 79.9. The van der Waals surface area contributed by atoms with E-state index in [2.05, 4.69) is 15.9 Å². The minimum Gasteiger partial charge on any atom is -0.492 e. The molecule has 16 heavy (non-hydrogen) atoms. The monoisotopic (exact) mass is 324 g/mol. The molecule has 1 rings (SSSR count). The average molecular weight is 326 g/mol. The van der Waals surface area contributed by atoms with E-state index in [-0.39, 0.29) is 5.84 Å². The largest absolute Gasteiger partial charge is 0.492 e. The van der Waals surface area contributed by atoms with Gasteiger partial charge < -0.3 is 10.5 Å². The summed E-state index contributed by atoms with van der Waals surface area (Å²) >= 11 is 15.1. The molecule has 0 spiro atoms. The molecule has 6 heteroatoms. The van der Waals surface area contributed by atoms with Gasteiger partial charge in [0.2, 0.25) is 0 Å². The highest BCUT2D eigenvalue weighted by Crippen LogP contribution is 2.34. The van der Waals surface area contributed by atoms with Gasteiger partial charge in [-0.1, -0.05) is 23.2 Å². The Labute approximate surface area is 113 Å². The molecular formula is C10H11BrCl2N2O. The van der Waals surface area contributed by atoms with E-state index in [1.165, 1.54) is 0 Å². The summed E-state index contributed by atoms with van der Waals surface area (Å²) in [5, 5.41) is 8.10. The molecule has 0 heterocycles. The van der Waals surface area contributed by atoms with Gasteiger partial charge in [0, 0.05) is 17.0 Å². The fourth-order valence-corrected chi connectivity index (χ4v) is 1.91. The van der Waals surface area contributed by atoms with Gasteiger partial charge in [0.15, 0.2) is 0 Å². The first-order valence-corrected chi connectivity index (χ1v) is 6.16. The van der Waals surface area contributed by atoms with Gasteiger partial charge in [-0.15, -0.1) is 0 Å². The van der Waals surface area contributed by atoms with Gasteiger partial charge in [0.25, 0.3) is 0 Å². The predicted octanol–water partition coefficient (Wildman–Crippen LogP) is 3.85. The van der Waals surface area contributed by atoms with Crippen molar-refractivity contribution in [1.82, 2.24) is 0 Å². The van der Waals surface area contributed by atoms with Crippen LogP contribution in [0, 0.1) is 5.41 Å². The zero-order valence-electron chi connectivity index (χ0n) is 8.40. The van der Waals surface area contributed by atoms with Crippen LogP contribution in [-0.2, 0) is 0 Å². The second kappa shape index (κ2) is 6.33. The van der Waals surface area contributed by atoms with Crippen LogP contribution in [0.3, 0.4) is 0 Å². The second-order valence-electron chi connectivity index (χ2n) is 3.17. The van der Waals surface area contributed by atoms with Gasteiger partial charge >= 0.3 is 0 Å². The maximum absolute atomic E-state index is 7.05. The van der Waals surface area contributed by atoms with Crippen LogP contribution >= 0.6 is 39.1 Å². The number of ether oxygens (including phenoxy) is 1. The Morgan fingerprint density at radius 2 is 2.06 bits per heavy atom. The molecule has 1 aromatic rings. The molecule has 0 aromatic heterocycles.